The van der Waals surface area contributed by atoms with Gasteiger partial charge in [-0.1, -0.05) is 23.7 Å². The summed E-state index contributed by atoms with van der Waals surface area (Å²) in [5.41, 5.74) is 0.684. The second-order valence-electron chi connectivity index (χ2n) is 5.66. The number of carbonyl (C=O) groups is 2. The minimum Gasteiger partial charge on any atom is -0.383 e. The highest BCUT2D eigenvalue weighted by Crippen LogP contribution is 2.30. The van der Waals surface area contributed by atoms with Crippen LogP contribution in [0.1, 0.15) is 13.3 Å². The fourth-order valence-corrected chi connectivity index (χ4v) is 2.92. The van der Waals surface area contributed by atoms with Crippen molar-refractivity contribution in [2.45, 2.75) is 25.4 Å². The first-order valence-corrected chi connectivity index (χ1v) is 7.91. The normalized spacial score (nSPS) is 18.9. The number of methoxy groups -OCH3 is 1. The van der Waals surface area contributed by atoms with Gasteiger partial charge >= 0.3 is 6.03 Å². The van der Waals surface area contributed by atoms with E-state index in [0.717, 1.165) is 0 Å². The third-order valence-corrected chi connectivity index (χ3v) is 4.21. The zero-order valence-corrected chi connectivity index (χ0v) is 14.3. The molecule has 0 spiro atoms. The van der Waals surface area contributed by atoms with Gasteiger partial charge in [-0.2, -0.15) is 0 Å². The zero-order chi connectivity index (χ0) is 17.0. The molecule has 2 atom stereocenters. The molecule has 1 aromatic rings. The molecule has 1 saturated heterocycles. The van der Waals surface area contributed by atoms with E-state index < -0.39 is 6.04 Å². The van der Waals surface area contributed by atoms with Gasteiger partial charge in [0.1, 0.15) is 6.04 Å². The number of ether oxygens (including phenoxy) is 1. The van der Waals surface area contributed by atoms with Gasteiger partial charge in [0.15, 0.2) is 0 Å². The number of hydrogen-bond acceptors (Lipinski definition) is 3. The standard InChI is InChI=1S/C16H22ClN3O3/c1-11(10-23-3)18-16(22)19(2)14-8-9-20(15(14)21)13-7-5-4-6-12(13)17/h4-7,11,14H,8-10H2,1-3H3,(H,18,22)/t11-,14+/m0/s1. The van der Waals surface area contributed by atoms with Crippen molar-refractivity contribution >= 4 is 29.2 Å². The summed E-state index contributed by atoms with van der Waals surface area (Å²) in [6, 6.07) is 6.33. The van der Waals surface area contributed by atoms with Crippen LogP contribution in [-0.4, -0.2) is 56.2 Å². The molecule has 1 fully saturated rings. The predicted molar refractivity (Wildman–Crippen MR) is 89.8 cm³/mol. The lowest BCUT2D eigenvalue weighted by Crippen LogP contribution is -2.50. The molecule has 6 nitrogen and oxygen atoms in total. The average Bonchev–Trinajstić information content (AvgIpc) is 2.88. The van der Waals surface area contributed by atoms with Crippen LogP contribution < -0.4 is 10.2 Å². The van der Waals surface area contributed by atoms with E-state index in [1.807, 2.05) is 25.1 Å². The summed E-state index contributed by atoms with van der Waals surface area (Å²) in [5, 5.41) is 3.34. The van der Waals surface area contributed by atoms with Crippen molar-refractivity contribution in [1.29, 1.82) is 0 Å². The molecule has 1 aliphatic heterocycles. The molecule has 1 heterocycles. The molecule has 126 valence electrons. The van der Waals surface area contributed by atoms with Gasteiger partial charge in [-0.3, -0.25) is 4.79 Å². The minimum absolute atomic E-state index is 0.116. The SMILES string of the molecule is COC[C@H](C)NC(=O)N(C)[C@@H]1CCN(c2ccccc2Cl)C1=O. The van der Waals surface area contributed by atoms with Crippen LogP contribution in [0.5, 0.6) is 0 Å². The summed E-state index contributed by atoms with van der Waals surface area (Å²) in [7, 11) is 3.21. The fraction of sp³-hybridized carbons (Fsp3) is 0.500. The van der Waals surface area contributed by atoms with Gasteiger partial charge in [0, 0.05) is 20.7 Å². The Morgan fingerprint density at radius 1 is 1.52 bits per heavy atom. The Kier molecular flexibility index (Phi) is 5.85. The average molecular weight is 340 g/mol. The van der Waals surface area contributed by atoms with Crippen LogP contribution in [0.4, 0.5) is 10.5 Å². The minimum atomic E-state index is -0.485. The van der Waals surface area contributed by atoms with E-state index in [1.165, 1.54) is 4.90 Å². The molecule has 3 amide bonds. The largest absolute Gasteiger partial charge is 0.383 e. The first-order chi connectivity index (χ1) is 11.0. The summed E-state index contributed by atoms with van der Waals surface area (Å²) in [6.07, 6.45) is 0.576. The highest BCUT2D eigenvalue weighted by molar-refractivity contribution is 6.34. The van der Waals surface area contributed by atoms with E-state index in [0.29, 0.717) is 30.3 Å². The highest BCUT2D eigenvalue weighted by atomic mass is 35.5. The number of nitrogens with zero attached hydrogens (tertiary/aromatic N) is 2. The topological polar surface area (TPSA) is 61.9 Å². The van der Waals surface area contributed by atoms with Gasteiger partial charge in [-0.05, 0) is 25.5 Å². The Hall–Kier alpha value is -1.79. The van der Waals surface area contributed by atoms with Crippen molar-refractivity contribution < 1.29 is 14.3 Å². The van der Waals surface area contributed by atoms with E-state index in [4.69, 9.17) is 16.3 Å². The number of carbonyl (C=O) groups excluding carboxylic acids is 2. The zero-order valence-electron chi connectivity index (χ0n) is 13.6. The number of benzene rings is 1. The molecule has 2 rings (SSSR count). The Balaban J connectivity index is 2.04. The molecule has 0 bridgehead atoms. The van der Waals surface area contributed by atoms with E-state index >= 15 is 0 Å². The van der Waals surface area contributed by atoms with Crippen LogP contribution in [0.3, 0.4) is 0 Å². The van der Waals surface area contributed by atoms with Gasteiger partial charge in [-0.25, -0.2) is 4.79 Å². The summed E-state index contributed by atoms with van der Waals surface area (Å²) in [5.74, 6) is -0.116. The predicted octanol–water partition coefficient (Wildman–Crippen LogP) is 2.12. The number of rotatable bonds is 5. The maximum atomic E-state index is 12.6. The van der Waals surface area contributed by atoms with Gasteiger partial charge in [0.05, 0.1) is 23.4 Å². The van der Waals surface area contributed by atoms with E-state index in [1.54, 1.807) is 25.1 Å². The van der Waals surface area contributed by atoms with Crippen molar-refractivity contribution in [2.24, 2.45) is 0 Å². The summed E-state index contributed by atoms with van der Waals surface area (Å²) in [4.78, 5) is 28.0. The lowest BCUT2D eigenvalue weighted by molar-refractivity contribution is -0.120. The van der Waals surface area contributed by atoms with Crippen LogP contribution in [-0.2, 0) is 9.53 Å². The van der Waals surface area contributed by atoms with Crippen molar-refractivity contribution in [1.82, 2.24) is 10.2 Å². The first-order valence-electron chi connectivity index (χ1n) is 7.54. The number of nitrogens with one attached hydrogen (secondary N) is 1. The molecule has 0 aromatic heterocycles. The second kappa shape index (κ2) is 7.66. The van der Waals surface area contributed by atoms with E-state index in [-0.39, 0.29) is 18.0 Å². The molecular weight excluding hydrogens is 318 g/mol. The smallest absolute Gasteiger partial charge is 0.318 e. The van der Waals surface area contributed by atoms with Crippen molar-refractivity contribution in [3.63, 3.8) is 0 Å². The summed E-state index contributed by atoms with van der Waals surface area (Å²) >= 11 is 6.16. The summed E-state index contributed by atoms with van der Waals surface area (Å²) in [6.45, 7) is 2.81. The second-order valence-corrected chi connectivity index (χ2v) is 6.07. The van der Waals surface area contributed by atoms with Crippen molar-refractivity contribution in [3.05, 3.63) is 29.3 Å². The molecule has 1 N–H and O–H groups in total. The number of hydrogen-bond donors (Lipinski definition) is 1. The number of anilines is 1. The molecule has 1 aromatic carbocycles. The maximum absolute atomic E-state index is 12.6. The Bertz CT molecular complexity index is 581. The molecule has 0 aliphatic carbocycles. The Morgan fingerprint density at radius 3 is 2.87 bits per heavy atom. The molecule has 1 aliphatic rings. The lowest BCUT2D eigenvalue weighted by Gasteiger charge is -2.26. The maximum Gasteiger partial charge on any atom is 0.318 e. The van der Waals surface area contributed by atoms with Crippen molar-refractivity contribution in [2.75, 3.05) is 32.2 Å². The number of urea groups is 1. The molecular formula is C16H22ClN3O3. The van der Waals surface area contributed by atoms with Crippen LogP contribution in [0.2, 0.25) is 5.02 Å². The fourth-order valence-electron chi connectivity index (χ4n) is 2.68. The first kappa shape index (κ1) is 17.6. The van der Waals surface area contributed by atoms with E-state index in [9.17, 15) is 9.59 Å². The van der Waals surface area contributed by atoms with E-state index in [2.05, 4.69) is 5.32 Å². The number of halogens is 1. The highest BCUT2D eigenvalue weighted by Gasteiger charge is 2.37. The monoisotopic (exact) mass is 339 g/mol. The number of amides is 3. The van der Waals surface area contributed by atoms with Crippen LogP contribution >= 0.6 is 11.6 Å². The third kappa shape index (κ3) is 3.95. The van der Waals surface area contributed by atoms with Crippen LogP contribution in [0.25, 0.3) is 0 Å². The number of para-hydroxylation sites is 1. The Morgan fingerprint density at radius 2 is 2.22 bits per heavy atom. The van der Waals surface area contributed by atoms with Gasteiger partial charge in [0.25, 0.3) is 0 Å². The van der Waals surface area contributed by atoms with Crippen molar-refractivity contribution in [3.8, 4) is 0 Å². The quantitative estimate of drug-likeness (QED) is 0.893. The molecule has 0 unspecified atom stereocenters. The molecule has 0 saturated carbocycles. The van der Waals surface area contributed by atoms with Crippen LogP contribution in [0, 0.1) is 0 Å². The summed E-state index contributed by atoms with van der Waals surface area (Å²) < 4.78 is 5.00. The van der Waals surface area contributed by atoms with Gasteiger partial charge in [0.2, 0.25) is 5.91 Å². The van der Waals surface area contributed by atoms with Crippen LogP contribution in [0.15, 0.2) is 24.3 Å². The number of likely N-dealkylation sites (N-methyl/N-ethyl adjacent to an activating group) is 1. The van der Waals surface area contributed by atoms with Gasteiger partial charge < -0.3 is 19.9 Å². The molecule has 7 heteroatoms. The third-order valence-electron chi connectivity index (χ3n) is 3.89. The van der Waals surface area contributed by atoms with Gasteiger partial charge in [-0.15, -0.1) is 0 Å². The Labute approximate surface area is 141 Å². The molecule has 23 heavy (non-hydrogen) atoms. The molecule has 0 radical (unpaired) electrons. The lowest BCUT2D eigenvalue weighted by atomic mass is 10.2.